The van der Waals surface area contributed by atoms with Crippen LogP contribution < -0.4 is 0 Å². The second-order valence-electron chi connectivity index (χ2n) is 3.38. The van der Waals surface area contributed by atoms with Crippen molar-refractivity contribution in [2.75, 3.05) is 7.11 Å². The molecule has 2 aromatic rings. The molecule has 0 bridgehead atoms. The molecule has 0 amide bonds. The SMILES string of the molecule is COCc1ccnn1-c1ncccc1C(F)F. The van der Waals surface area contributed by atoms with E-state index < -0.39 is 6.43 Å². The quantitative estimate of drug-likeness (QED) is 0.822. The first kappa shape index (κ1) is 11.7. The average Bonchev–Trinajstić information content (AvgIpc) is 2.77. The van der Waals surface area contributed by atoms with Crippen LogP contribution in [0, 0.1) is 0 Å². The maximum absolute atomic E-state index is 12.8. The number of ether oxygens (including phenoxy) is 1. The molecule has 0 fully saturated rings. The first-order valence-electron chi connectivity index (χ1n) is 4.99. The molecule has 6 heteroatoms. The Bertz CT molecular complexity index is 499. The van der Waals surface area contributed by atoms with Crippen LogP contribution in [0.4, 0.5) is 8.78 Å². The van der Waals surface area contributed by atoms with Crippen molar-refractivity contribution in [1.29, 1.82) is 0 Å². The smallest absolute Gasteiger partial charge is 0.267 e. The molecule has 2 rings (SSSR count). The lowest BCUT2D eigenvalue weighted by Gasteiger charge is -2.10. The third-order valence-corrected chi connectivity index (χ3v) is 2.27. The Labute approximate surface area is 96.9 Å². The van der Waals surface area contributed by atoms with Gasteiger partial charge in [0.1, 0.15) is 0 Å². The molecule has 0 atom stereocenters. The van der Waals surface area contributed by atoms with Crippen molar-refractivity contribution in [1.82, 2.24) is 14.8 Å². The molecule has 17 heavy (non-hydrogen) atoms. The van der Waals surface area contributed by atoms with Crippen LogP contribution in [0.1, 0.15) is 17.7 Å². The van der Waals surface area contributed by atoms with Crippen LogP contribution in [0.15, 0.2) is 30.6 Å². The second-order valence-corrected chi connectivity index (χ2v) is 3.38. The van der Waals surface area contributed by atoms with E-state index in [1.54, 1.807) is 6.07 Å². The Morgan fingerprint density at radius 1 is 1.35 bits per heavy atom. The van der Waals surface area contributed by atoms with Crippen LogP contribution in [0.25, 0.3) is 5.82 Å². The second kappa shape index (κ2) is 5.01. The molecule has 0 spiro atoms. The maximum atomic E-state index is 12.8. The van der Waals surface area contributed by atoms with Crippen LogP contribution in [0.3, 0.4) is 0 Å². The van der Waals surface area contributed by atoms with Crippen LogP contribution in [0.5, 0.6) is 0 Å². The summed E-state index contributed by atoms with van der Waals surface area (Å²) in [6, 6.07) is 4.52. The van der Waals surface area contributed by atoms with Gasteiger partial charge in [-0.05, 0) is 18.2 Å². The number of rotatable bonds is 4. The molecule has 2 aromatic heterocycles. The van der Waals surface area contributed by atoms with E-state index in [1.807, 2.05) is 0 Å². The normalized spacial score (nSPS) is 11.1. The fraction of sp³-hybridized carbons (Fsp3) is 0.273. The van der Waals surface area contributed by atoms with Gasteiger partial charge in [-0.25, -0.2) is 18.4 Å². The van der Waals surface area contributed by atoms with Gasteiger partial charge in [-0.3, -0.25) is 0 Å². The molecule has 90 valence electrons. The number of pyridine rings is 1. The summed E-state index contributed by atoms with van der Waals surface area (Å²) in [6.07, 6.45) is 0.399. The van der Waals surface area contributed by atoms with Gasteiger partial charge in [-0.2, -0.15) is 5.10 Å². The van der Waals surface area contributed by atoms with E-state index in [2.05, 4.69) is 10.1 Å². The molecule has 2 heterocycles. The summed E-state index contributed by atoms with van der Waals surface area (Å²) < 4.78 is 32.0. The highest BCUT2D eigenvalue weighted by Crippen LogP contribution is 2.24. The molecule has 0 N–H and O–H groups in total. The van der Waals surface area contributed by atoms with Crippen LogP contribution in [0.2, 0.25) is 0 Å². The summed E-state index contributed by atoms with van der Waals surface area (Å²) in [5.74, 6) is 0.138. The largest absolute Gasteiger partial charge is 0.378 e. The summed E-state index contributed by atoms with van der Waals surface area (Å²) in [5, 5.41) is 3.99. The van der Waals surface area contributed by atoms with E-state index in [4.69, 9.17) is 4.74 Å². The van der Waals surface area contributed by atoms with Gasteiger partial charge >= 0.3 is 0 Å². The van der Waals surface area contributed by atoms with E-state index in [1.165, 1.54) is 36.3 Å². The van der Waals surface area contributed by atoms with Gasteiger partial charge in [-0.15, -0.1) is 0 Å². The summed E-state index contributed by atoms with van der Waals surface area (Å²) >= 11 is 0. The Morgan fingerprint density at radius 2 is 2.18 bits per heavy atom. The Morgan fingerprint density at radius 3 is 2.88 bits per heavy atom. The van der Waals surface area contributed by atoms with Gasteiger partial charge in [0.15, 0.2) is 5.82 Å². The lowest BCUT2D eigenvalue weighted by Crippen LogP contribution is -2.08. The molecule has 0 saturated heterocycles. The molecule has 0 aromatic carbocycles. The molecule has 0 aliphatic rings. The summed E-state index contributed by atoms with van der Waals surface area (Å²) in [7, 11) is 1.53. The van der Waals surface area contributed by atoms with E-state index >= 15 is 0 Å². The van der Waals surface area contributed by atoms with E-state index in [0.29, 0.717) is 12.3 Å². The highest BCUT2D eigenvalue weighted by molar-refractivity contribution is 5.35. The lowest BCUT2D eigenvalue weighted by atomic mass is 10.2. The third-order valence-electron chi connectivity index (χ3n) is 2.27. The number of aromatic nitrogens is 3. The fourth-order valence-electron chi connectivity index (χ4n) is 1.54. The van der Waals surface area contributed by atoms with Crippen molar-refractivity contribution in [2.24, 2.45) is 0 Å². The van der Waals surface area contributed by atoms with Crippen molar-refractivity contribution in [2.45, 2.75) is 13.0 Å². The molecule has 0 aliphatic carbocycles. The van der Waals surface area contributed by atoms with Crippen LogP contribution in [-0.2, 0) is 11.3 Å². The Kier molecular flexibility index (Phi) is 3.43. The van der Waals surface area contributed by atoms with Gasteiger partial charge in [0.05, 0.1) is 17.9 Å². The molecule has 4 nitrogen and oxygen atoms in total. The van der Waals surface area contributed by atoms with Gasteiger partial charge in [-0.1, -0.05) is 0 Å². The van der Waals surface area contributed by atoms with Crippen molar-refractivity contribution in [3.63, 3.8) is 0 Å². The number of alkyl halides is 2. The van der Waals surface area contributed by atoms with E-state index in [9.17, 15) is 8.78 Å². The maximum Gasteiger partial charge on any atom is 0.267 e. The van der Waals surface area contributed by atoms with Crippen LogP contribution >= 0.6 is 0 Å². The lowest BCUT2D eigenvalue weighted by molar-refractivity contribution is 0.150. The monoisotopic (exact) mass is 239 g/mol. The van der Waals surface area contributed by atoms with Crippen molar-refractivity contribution in [3.8, 4) is 5.82 Å². The third kappa shape index (κ3) is 2.31. The first-order valence-corrected chi connectivity index (χ1v) is 4.99. The molecular weight excluding hydrogens is 228 g/mol. The Balaban J connectivity index is 2.48. The fourth-order valence-corrected chi connectivity index (χ4v) is 1.54. The van der Waals surface area contributed by atoms with E-state index in [0.717, 1.165) is 0 Å². The minimum atomic E-state index is -2.58. The first-order chi connectivity index (χ1) is 8.24. The van der Waals surface area contributed by atoms with Crippen LogP contribution in [-0.4, -0.2) is 21.9 Å². The number of hydrogen-bond acceptors (Lipinski definition) is 3. The number of halogens is 2. The van der Waals surface area contributed by atoms with Gasteiger partial charge in [0.2, 0.25) is 0 Å². The number of hydrogen-bond donors (Lipinski definition) is 0. The molecular formula is C11H11F2N3O. The zero-order valence-electron chi connectivity index (χ0n) is 9.18. The number of methoxy groups -OCH3 is 1. The molecule has 0 saturated carbocycles. The van der Waals surface area contributed by atoms with Crippen molar-refractivity contribution < 1.29 is 13.5 Å². The molecule has 0 radical (unpaired) electrons. The van der Waals surface area contributed by atoms with Gasteiger partial charge in [0.25, 0.3) is 6.43 Å². The van der Waals surface area contributed by atoms with Gasteiger partial charge < -0.3 is 4.74 Å². The minimum absolute atomic E-state index is 0.138. The Hall–Kier alpha value is -1.82. The minimum Gasteiger partial charge on any atom is -0.378 e. The topological polar surface area (TPSA) is 39.9 Å². The molecule has 0 aliphatic heterocycles. The highest BCUT2D eigenvalue weighted by atomic mass is 19.3. The highest BCUT2D eigenvalue weighted by Gasteiger charge is 2.17. The molecule has 0 unspecified atom stereocenters. The standard InChI is InChI=1S/C11H11F2N3O/c1-17-7-8-4-6-15-16(8)11-9(10(12)13)3-2-5-14-11/h2-6,10H,7H2,1H3. The van der Waals surface area contributed by atoms with Crippen molar-refractivity contribution in [3.05, 3.63) is 41.9 Å². The number of nitrogens with zero attached hydrogens (tertiary/aromatic N) is 3. The average molecular weight is 239 g/mol. The van der Waals surface area contributed by atoms with Gasteiger partial charge in [0, 0.05) is 19.5 Å². The zero-order chi connectivity index (χ0) is 12.3. The predicted molar refractivity (Wildman–Crippen MR) is 57.0 cm³/mol. The van der Waals surface area contributed by atoms with E-state index in [-0.39, 0.29) is 11.4 Å². The summed E-state index contributed by atoms with van der Waals surface area (Å²) in [6.45, 7) is 0.291. The predicted octanol–water partition coefficient (Wildman–Crippen LogP) is 2.35. The van der Waals surface area contributed by atoms with Crippen molar-refractivity contribution >= 4 is 0 Å². The zero-order valence-corrected chi connectivity index (χ0v) is 9.18. The summed E-state index contributed by atoms with van der Waals surface area (Å²) in [4.78, 5) is 3.95. The summed E-state index contributed by atoms with van der Waals surface area (Å²) in [5.41, 5.74) is 0.529.